The summed E-state index contributed by atoms with van der Waals surface area (Å²) in [6.07, 6.45) is 42.9. The van der Waals surface area contributed by atoms with E-state index in [1.54, 1.807) is 0 Å². The average Bonchev–Trinajstić information content (AvgIpc) is 3.13. The van der Waals surface area contributed by atoms with Crippen LogP contribution in [0.3, 0.4) is 0 Å². The van der Waals surface area contributed by atoms with Crippen LogP contribution >= 0.6 is 7.82 Å². The van der Waals surface area contributed by atoms with Gasteiger partial charge >= 0.3 is 13.8 Å². The predicted molar refractivity (Wildman–Crippen MR) is 234 cm³/mol. The molecule has 2 unspecified atom stereocenters. The Balaban J connectivity index is 4.00. The average molecular weight is 805 g/mol. The SMILES string of the molecule is CCCCCCCCCCCCCCCCCCCCCCCCCOCC(COP(=O)(O)OCC[N+](C)(C)C)OC(=O)CCCCCCCCCCCC. The Kier molecular flexibility index (Phi) is 39.9. The van der Waals surface area contributed by atoms with E-state index in [0.29, 0.717) is 24.1 Å². The molecule has 0 aromatic rings. The molecular formula is C46H95NO7P+. The van der Waals surface area contributed by atoms with Crippen LogP contribution in [-0.2, 0) is 27.9 Å². The summed E-state index contributed by atoms with van der Waals surface area (Å²) in [7, 11) is 1.69. The topological polar surface area (TPSA) is 91.3 Å². The standard InChI is InChI=1S/C46H94NO7P/c1-6-8-10-12-14-16-18-19-20-21-22-23-24-25-26-27-28-29-30-32-34-36-38-41-51-43-45(44-53-55(49,50)52-42-40-47(3,4)5)54-46(48)39-37-35-33-31-17-15-13-11-9-7-2/h45H,6-44H2,1-5H3/p+1. The number of unbranched alkanes of at least 4 members (excludes halogenated alkanes) is 31. The third-order valence-corrected chi connectivity index (χ3v) is 11.7. The van der Waals surface area contributed by atoms with Crippen LogP contribution in [0.25, 0.3) is 0 Å². The van der Waals surface area contributed by atoms with Crippen molar-refractivity contribution in [1.82, 2.24) is 0 Å². The molecule has 9 heteroatoms. The fraction of sp³-hybridized carbons (Fsp3) is 0.978. The van der Waals surface area contributed by atoms with Crippen molar-refractivity contribution in [1.29, 1.82) is 0 Å². The summed E-state index contributed by atoms with van der Waals surface area (Å²) < 4.78 is 35.0. The molecule has 1 N–H and O–H groups in total. The molecule has 0 spiro atoms. The van der Waals surface area contributed by atoms with Crippen LogP contribution in [0.1, 0.15) is 232 Å². The largest absolute Gasteiger partial charge is 0.472 e. The maximum atomic E-state index is 12.6. The van der Waals surface area contributed by atoms with E-state index < -0.39 is 13.9 Å². The molecule has 0 fully saturated rings. The van der Waals surface area contributed by atoms with Crippen LogP contribution < -0.4 is 0 Å². The molecule has 0 radical (unpaired) electrons. The summed E-state index contributed by atoms with van der Waals surface area (Å²) >= 11 is 0. The first-order chi connectivity index (χ1) is 26.6. The lowest BCUT2D eigenvalue weighted by Gasteiger charge is -2.24. The number of carbonyl (C=O) groups excluding carboxylic acids is 1. The molecule has 0 aliphatic heterocycles. The van der Waals surface area contributed by atoms with Crippen molar-refractivity contribution in [3.8, 4) is 0 Å². The summed E-state index contributed by atoms with van der Waals surface area (Å²) in [5.74, 6) is -0.310. The van der Waals surface area contributed by atoms with Crippen molar-refractivity contribution in [2.24, 2.45) is 0 Å². The van der Waals surface area contributed by atoms with Gasteiger partial charge < -0.3 is 18.9 Å². The highest BCUT2D eigenvalue weighted by Crippen LogP contribution is 2.43. The van der Waals surface area contributed by atoms with Crippen molar-refractivity contribution >= 4 is 13.8 Å². The van der Waals surface area contributed by atoms with Crippen molar-refractivity contribution in [3.05, 3.63) is 0 Å². The van der Waals surface area contributed by atoms with Crippen LogP contribution in [0.15, 0.2) is 0 Å². The second-order valence-corrected chi connectivity index (χ2v) is 19.0. The summed E-state index contributed by atoms with van der Waals surface area (Å²) in [6.45, 7) is 5.67. The number of likely N-dealkylation sites (N-methyl/N-ethyl adjacent to an activating group) is 1. The number of carbonyl (C=O) groups is 1. The number of nitrogens with zero attached hydrogens (tertiary/aromatic N) is 1. The number of quaternary nitrogens is 1. The van der Waals surface area contributed by atoms with Crippen molar-refractivity contribution < 1.29 is 37.3 Å². The maximum absolute atomic E-state index is 12.6. The minimum Gasteiger partial charge on any atom is -0.457 e. The van der Waals surface area contributed by atoms with Crippen LogP contribution in [0.4, 0.5) is 0 Å². The predicted octanol–water partition coefficient (Wildman–Crippen LogP) is 14.1. The number of hydrogen-bond acceptors (Lipinski definition) is 6. The smallest absolute Gasteiger partial charge is 0.457 e. The van der Waals surface area contributed by atoms with E-state index in [2.05, 4.69) is 13.8 Å². The molecule has 0 saturated carbocycles. The zero-order chi connectivity index (χ0) is 40.6. The Bertz CT molecular complexity index is 853. The summed E-state index contributed by atoms with van der Waals surface area (Å²) in [4.78, 5) is 22.8. The Morgan fingerprint density at radius 3 is 1.20 bits per heavy atom. The Hall–Kier alpha value is -0.500. The van der Waals surface area contributed by atoms with Gasteiger partial charge in [-0.3, -0.25) is 13.8 Å². The molecule has 2 atom stereocenters. The molecule has 0 rings (SSSR count). The third kappa shape index (κ3) is 44.4. The molecule has 55 heavy (non-hydrogen) atoms. The zero-order valence-corrected chi connectivity index (χ0v) is 38.3. The van der Waals surface area contributed by atoms with Gasteiger partial charge in [0.25, 0.3) is 0 Å². The van der Waals surface area contributed by atoms with Gasteiger partial charge in [0.15, 0.2) is 0 Å². The minimum atomic E-state index is -4.26. The monoisotopic (exact) mass is 805 g/mol. The number of rotatable bonds is 45. The fourth-order valence-corrected chi connectivity index (χ4v) is 7.71. The molecule has 0 amide bonds. The Morgan fingerprint density at radius 1 is 0.491 bits per heavy atom. The van der Waals surface area contributed by atoms with E-state index in [4.69, 9.17) is 18.5 Å². The molecule has 330 valence electrons. The highest BCUT2D eigenvalue weighted by Gasteiger charge is 2.26. The number of phosphoric acid groups is 1. The Morgan fingerprint density at radius 2 is 0.836 bits per heavy atom. The lowest BCUT2D eigenvalue weighted by atomic mass is 10.0. The number of hydrogen-bond donors (Lipinski definition) is 1. The van der Waals surface area contributed by atoms with E-state index in [-0.39, 0.29) is 25.8 Å². The van der Waals surface area contributed by atoms with Gasteiger partial charge in [0.2, 0.25) is 0 Å². The van der Waals surface area contributed by atoms with Crippen LogP contribution in [0.5, 0.6) is 0 Å². The molecule has 0 saturated heterocycles. The zero-order valence-electron chi connectivity index (χ0n) is 37.4. The first kappa shape index (κ1) is 54.5. The Labute approximate surface area is 342 Å². The molecule has 0 bridgehead atoms. The van der Waals surface area contributed by atoms with Crippen molar-refractivity contribution in [2.75, 3.05) is 54.1 Å². The molecule has 0 aromatic carbocycles. The third-order valence-electron chi connectivity index (χ3n) is 10.7. The van der Waals surface area contributed by atoms with Gasteiger partial charge in [-0.1, -0.05) is 213 Å². The lowest BCUT2D eigenvalue weighted by molar-refractivity contribution is -0.870. The summed E-state index contributed by atoms with van der Waals surface area (Å²) in [6, 6.07) is 0. The number of ether oxygens (including phenoxy) is 2. The van der Waals surface area contributed by atoms with Crippen molar-refractivity contribution in [2.45, 2.75) is 238 Å². The number of esters is 1. The van der Waals surface area contributed by atoms with E-state index >= 15 is 0 Å². The quantitative estimate of drug-likeness (QED) is 0.0284. The van der Waals surface area contributed by atoms with Crippen LogP contribution in [0.2, 0.25) is 0 Å². The van der Waals surface area contributed by atoms with Crippen LogP contribution in [-0.4, -0.2) is 75.6 Å². The van der Waals surface area contributed by atoms with Gasteiger partial charge in [-0.2, -0.15) is 0 Å². The molecule has 8 nitrogen and oxygen atoms in total. The summed E-state index contributed by atoms with van der Waals surface area (Å²) in [5.41, 5.74) is 0. The van der Waals surface area contributed by atoms with Gasteiger partial charge in [0.1, 0.15) is 19.3 Å². The second-order valence-electron chi connectivity index (χ2n) is 17.5. The fourth-order valence-electron chi connectivity index (χ4n) is 6.97. The van der Waals surface area contributed by atoms with Gasteiger partial charge in [-0.25, -0.2) is 4.57 Å². The first-order valence-electron chi connectivity index (χ1n) is 23.8. The maximum Gasteiger partial charge on any atom is 0.472 e. The lowest BCUT2D eigenvalue weighted by Crippen LogP contribution is -2.37. The molecule has 0 aliphatic rings. The highest BCUT2D eigenvalue weighted by atomic mass is 31.2. The molecule has 0 aromatic heterocycles. The van der Waals surface area contributed by atoms with E-state index in [1.807, 2.05) is 21.1 Å². The van der Waals surface area contributed by atoms with Gasteiger partial charge in [-0.15, -0.1) is 0 Å². The van der Waals surface area contributed by atoms with Crippen molar-refractivity contribution in [3.63, 3.8) is 0 Å². The van der Waals surface area contributed by atoms with Gasteiger partial charge in [0.05, 0.1) is 34.4 Å². The van der Waals surface area contributed by atoms with Gasteiger partial charge in [-0.05, 0) is 12.8 Å². The number of phosphoric ester groups is 1. The molecular weight excluding hydrogens is 709 g/mol. The van der Waals surface area contributed by atoms with E-state index in [9.17, 15) is 14.3 Å². The second kappa shape index (κ2) is 40.3. The molecule has 0 aliphatic carbocycles. The van der Waals surface area contributed by atoms with Gasteiger partial charge in [0, 0.05) is 13.0 Å². The first-order valence-corrected chi connectivity index (χ1v) is 25.3. The van der Waals surface area contributed by atoms with E-state index in [0.717, 1.165) is 32.1 Å². The normalized spacial score (nSPS) is 13.6. The van der Waals surface area contributed by atoms with Crippen LogP contribution in [0, 0.1) is 0 Å². The highest BCUT2D eigenvalue weighted by molar-refractivity contribution is 7.47. The minimum absolute atomic E-state index is 0.0938. The summed E-state index contributed by atoms with van der Waals surface area (Å²) in [5, 5.41) is 0. The van der Waals surface area contributed by atoms with E-state index in [1.165, 1.54) is 180 Å². The molecule has 0 heterocycles.